The highest BCUT2D eigenvalue weighted by Gasteiger charge is 2.23. The lowest BCUT2D eigenvalue weighted by Crippen LogP contribution is -2.35. The molecule has 0 aromatic heterocycles. The smallest absolute Gasteiger partial charge is 0.229 e. The summed E-state index contributed by atoms with van der Waals surface area (Å²) in [5, 5.41) is 0. The number of carbonyl (C=O) groups is 1. The average Bonchev–Trinajstić information content (AvgIpc) is 2.37. The number of hydrogen-bond donors (Lipinski definition) is 1. The summed E-state index contributed by atoms with van der Waals surface area (Å²) >= 11 is 0. The van der Waals surface area contributed by atoms with Crippen LogP contribution in [0.1, 0.15) is 19.3 Å². The number of amides is 1. The molecule has 0 saturated carbocycles. The van der Waals surface area contributed by atoms with Crippen LogP contribution in [-0.4, -0.2) is 34.2 Å². The summed E-state index contributed by atoms with van der Waals surface area (Å²) in [7, 11) is -1.83. The summed E-state index contributed by atoms with van der Waals surface area (Å²) in [4.78, 5) is 13.6. The van der Waals surface area contributed by atoms with Gasteiger partial charge >= 0.3 is 0 Å². The Morgan fingerprint density at radius 2 is 2.05 bits per heavy atom. The van der Waals surface area contributed by atoms with Gasteiger partial charge in [0, 0.05) is 13.0 Å². The molecule has 0 bridgehead atoms. The fourth-order valence-electron chi connectivity index (χ4n) is 2.24. The number of hydrogen-bond acceptors (Lipinski definition) is 4. The first-order chi connectivity index (χ1) is 9.40. The summed E-state index contributed by atoms with van der Waals surface area (Å²) in [5.74, 6) is 0.588. The molecule has 1 aromatic carbocycles. The highest BCUT2D eigenvalue weighted by molar-refractivity contribution is 7.92. The van der Waals surface area contributed by atoms with E-state index in [2.05, 4.69) is 4.72 Å². The average molecular weight is 298 g/mol. The van der Waals surface area contributed by atoms with E-state index in [9.17, 15) is 13.2 Å². The summed E-state index contributed by atoms with van der Waals surface area (Å²) in [6, 6.07) is 4.89. The second kappa shape index (κ2) is 5.70. The number of sulfonamides is 1. The van der Waals surface area contributed by atoms with Crippen molar-refractivity contribution in [3.8, 4) is 5.75 Å². The van der Waals surface area contributed by atoms with Gasteiger partial charge in [-0.2, -0.15) is 0 Å². The second-order valence-corrected chi connectivity index (χ2v) is 6.51. The van der Waals surface area contributed by atoms with Crippen LogP contribution in [0.15, 0.2) is 18.2 Å². The molecule has 2 rings (SSSR count). The third kappa shape index (κ3) is 3.41. The Bertz CT molecular complexity index is 613. The molecule has 1 amide bonds. The molecule has 0 atom stereocenters. The van der Waals surface area contributed by atoms with E-state index in [-0.39, 0.29) is 5.91 Å². The van der Waals surface area contributed by atoms with Gasteiger partial charge in [0.2, 0.25) is 15.9 Å². The minimum Gasteiger partial charge on any atom is -0.495 e. The molecule has 0 radical (unpaired) electrons. The maximum absolute atomic E-state index is 12.0. The van der Waals surface area contributed by atoms with E-state index in [1.807, 2.05) is 0 Å². The Kier molecular flexibility index (Phi) is 4.17. The zero-order chi connectivity index (χ0) is 14.8. The normalized spacial score (nSPS) is 16.1. The first-order valence-electron chi connectivity index (χ1n) is 6.37. The van der Waals surface area contributed by atoms with E-state index in [1.54, 1.807) is 23.1 Å². The van der Waals surface area contributed by atoms with E-state index in [4.69, 9.17) is 4.74 Å². The summed E-state index contributed by atoms with van der Waals surface area (Å²) in [5.41, 5.74) is 1.02. The Morgan fingerprint density at radius 3 is 2.65 bits per heavy atom. The monoisotopic (exact) mass is 298 g/mol. The molecule has 1 N–H and O–H groups in total. The fraction of sp³-hybridized carbons (Fsp3) is 0.462. The number of carbonyl (C=O) groups excluding carboxylic acids is 1. The van der Waals surface area contributed by atoms with Crippen molar-refractivity contribution in [1.29, 1.82) is 0 Å². The Morgan fingerprint density at radius 1 is 1.30 bits per heavy atom. The Labute approximate surface area is 118 Å². The molecule has 1 aliphatic heterocycles. The summed E-state index contributed by atoms with van der Waals surface area (Å²) in [6.45, 7) is 0.623. The van der Waals surface area contributed by atoms with Crippen LogP contribution >= 0.6 is 0 Å². The van der Waals surface area contributed by atoms with Gasteiger partial charge in [0.15, 0.2) is 0 Å². The van der Waals surface area contributed by atoms with Gasteiger partial charge < -0.3 is 9.64 Å². The number of ether oxygens (including phenoxy) is 1. The predicted octanol–water partition coefficient (Wildman–Crippen LogP) is 1.58. The molecule has 1 fully saturated rings. The highest BCUT2D eigenvalue weighted by atomic mass is 32.2. The molecular weight excluding hydrogens is 280 g/mol. The quantitative estimate of drug-likeness (QED) is 0.915. The van der Waals surface area contributed by atoms with Crippen molar-refractivity contribution in [1.82, 2.24) is 0 Å². The molecule has 1 aromatic rings. The Hall–Kier alpha value is -1.76. The third-order valence-electron chi connectivity index (χ3n) is 3.10. The van der Waals surface area contributed by atoms with E-state index >= 15 is 0 Å². The van der Waals surface area contributed by atoms with Crippen molar-refractivity contribution in [2.24, 2.45) is 0 Å². The van der Waals surface area contributed by atoms with Crippen LogP contribution in [0.4, 0.5) is 11.4 Å². The summed E-state index contributed by atoms with van der Waals surface area (Å²) < 4.78 is 30.2. The van der Waals surface area contributed by atoms with Crippen LogP contribution in [0.5, 0.6) is 5.75 Å². The van der Waals surface area contributed by atoms with Crippen molar-refractivity contribution < 1.29 is 17.9 Å². The van der Waals surface area contributed by atoms with Gasteiger partial charge in [0.25, 0.3) is 0 Å². The zero-order valence-corrected chi connectivity index (χ0v) is 12.4. The number of benzene rings is 1. The minimum atomic E-state index is -3.35. The fourth-order valence-corrected chi connectivity index (χ4v) is 2.79. The number of methoxy groups -OCH3 is 1. The Balaban J connectivity index is 2.38. The van der Waals surface area contributed by atoms with Gasteiger partial charge in [-0.25, -0.2) is 8.42 Å². The predicted molar refractivity (Wildman–Crippen MR) is 77.7 cm³/mol. The number of nitrogens with zero attached hydrogens (tertiary/aromatic N) is 1. The van der Waals surface area contributed by atoms with Crippen LogP contribution in [0.3, 0.4) is 0 Å². The van der Waals surface area contributed by atoms with Crippen molar-refractivity contribution in [3.63, 3.8) is 0 Å². The molecule has 6 nitrogen and oxygen atoms in total. The standard InChI is InChI=1S/C13H18N2O4S/c1-19-12-7-6-10(14-20(2,17)18)9-11(12)15-8-4-3-5-13(15)16/h6-7,9,14H,3-5,8H2,1-2H3. The third-order valence-corrected chi connectivity index (χ3v) is 3.70. The molecule has 0 aliphatic carbocycles. The number of nitrogens with one attached hydrogen (secondary N) is 1. The highest BCUT2D eigenvalue weighted by Crippen LogP contribution is 2.33. The van der Waals surface area contributed by atoms with Crippen molar-refractivity contribution >= 4 is 27.3 Å². The molecule has 20 heavy (non-hydrogen) atoms. The number of piperidine rings is 1. The molecule has 0 unspecified atom stereocenters. The zero-order valence-electron chi connectivity index (χ0n) is 11.5. The van der Waals surface area contributed by atoms with Crippen LogP contribution in [-0.2, 0) is 14.8 Å². The SMILES string of the molecule is COc1ccc(NS(C)(=O)=O)cc1N1CCCCC1=O. The second-order valence-electron chi connectivity index (χ2n) is 4.76. The molecule has 1 saturated heterocycles. The van der Waals surface area contributed by atoms with Crippen molar-refractivity contribution in [3.05, 3.63) is 18.2 Å². The van der Waals surface area contributed by atoms with Gasteiger partial charge in [-0.3, -0.25) is 9.52 Å². The van der Waals surface area contributed by atoms with Crippen LogP contribution in [0.25, 0.3) is 0 Å². The van der Waals surface area contributed by atoms with Crippen molar-refractivity contribution in [2.45, 2.75) is 19.3 Å². The van der Waals surface area contributed by atoms with E-state index in [0.717, 1.165) is 19.1 Å². The van der Waals surface area contributed by atoms with Crippen LogP contribution in [0, 0.1) is 0 Å². The maximum Gasteiger partial charge on any atom is 0.229 e. The summed E-state index contributed by atoms with van der Waals surface area (Å²) in [6.07, 6.45) is 3.41. The van der Waals surface area contributed by atoms with Crippen LogP contribution in [0.2, 0.25) is 0 Å². The molecule has 7 heteroatoms. The van der Waals surface area contributed by atoms with Gasteiger partial charge in [-0.1, -0.05) is 0 Å². The lowest BCUT2D eigenvalue weighted by molar-refractivity contribution is -0.119. The van der Waals surface area contributed by atoms with Gasteiger partial charge in [0.05, 0.1) is 24.7 Å². The van der Waals surface area contributed by atoms with E-state index in [1.165, 1.54) is 7.11 Å². The van der Waals surface area contributed by atoms with Gasteiger partial charge in [-0.15, -0.1) is 0 Å². The van der Waals surface area contributed by atoms with E-state index in [0.29, 0.717) is 30.1 Å². The molecule has 1 heterocycles. The molecule has 0 spiro atoms. The van der Waals surface area contributed by atoms with E-state index < -0.39 is 10.0 Å². The maximum atomic E-state index is 12.0. The lowest BCUT2D eigenvalue weighted by Gasteiger charge is -2.28. The van der Waals surface area contributed by atoms with Crippen molar-refractivity contribution in [2.75, 3.05) is 29.5 Å². The van der Waals surface area contributed by atoms with Gasteiger partial charge in [-0.05, 0) is 31.0 Å². The first-order valence-corrected chi connectivity index (χ1v) is 8.26. The molecular formula is C13H18N2O4S. The minimum absolute atomic E-state index is 0.0334. The number of anilines is 2. The van der Waals surface area contributed by atoms with Gasteiger partial charge in [0.1, 0.15) is 5.75 Å². The lowest BCUT2D eigenvalue weighted by atomic mass is 10.1. The largest absolute Gasteiger partial charge is 0.495 e. The first kappa shape index (κ1) is 14.6. The molecule has 110 valence electrons. The number of rotatable bonds is 4. The topological polar surface area (TPSA) is 75.7 Å². The van der Waals surface area contributed by atoms with Crippen LogP contribution < -0.4 is 14.4 Å². The molecule has 1 aliphatic rings.